The minimum absolute atomic E-state index is 0.0381. The van der Waals surface area contributed by atoms with E-state index in [-0.39, 0.29) is 10.8 Å². The number of halogens is 1. The highest BCUT2D eigenvalue weighted by molar-refractivity contribution is 8.00. The maximum absolute atomic E-state index is 6.20. The van der Waals surface area contributed by atoms with Gasteiger partial charge in [-0.15, -0.1) is 11.8 Å². The van der Waals surface area contributed by atoms with Crippen LogP contribution in [0.1, 0.15) is 39.3 Å². The second-order valence-electron chi connectivity index (χ2n) is 4.69. The molecule has 3 heteroatoms. The SMILES string of the molecule is CC(N)c1ccc(SC(C)(C)C)c(Cl)c1. The molecule has 0 amide bonds. The highest BCUT2D eigenvalue weighted by Crippen LogP contribution is 2.37. The Labute approximate surface area is 101 Å². The van der Waals surface area contributed by atoms with Gasteiger partial charge in [0, 0.05) is 15.7 Å². The van der Waals surface area contributed by atoms with Crippen molar-refractivity contribution in [2.45, 2.75) is 43.4 Å². The summed E-state index contributed by atoms with van der Waals surface area (Å²) in [4.78, 5) is 1.12. The Morgan fingerprint density at radius 1 is 1.33 bits per heavy atom. The molecule has 2 N–H and O–H groups in total. The standard InChI is InChI=1S/C12H18ClNS/c1-8(14)9-5-6-11(10(13)7-9)15-12(2,3)4/h5-8H,14H2,1-4H3. The zero-order valence-electron chi connectivity index (χ0n) is 9.67. The van der Waals surface area contributed by atoms with E-state index in [9.17, 15) is 0 Å². The average Bonchev–Trinajstić information content (AvgIpc) is 2.05. The van der Waals surface area contributed by atoms with E-state index in [2.05, 4.69) is 26.8 Å². The van der Waals surface area contributed by atoms with Gasteiger partial charge in [0.1, 0.15) is 0 Å². The van der Waals surface area contributed by atoms with Gasteiger partial charge in [-0.3, -0.25) is 0 Å². The Balaban J connectivity index is 2.94. The van der Waals surface area contributed by atoms with Gasteiger partial charge >= 0.3 is 0 Å². The normalized spacial score (nSPS) is 14.0. The van der Waals surface area contributed by atoms with Gasteiger partial charge in [-0.1, -0.05) is 38.4 Å². The number of thioether (sulfide) groups is 1. The van der Waals surface area contributed by atoms with Crippen molar-refractivity contribution in [3.05, 3.63) is 28.8 Å². The quantitative estimate of drug-likeness (QED) is 0.786. The van der Waals surface area contributed by atoms with Crippen LogP contribution in [-0.2, 0) is 0 Å². The Bertz CT molecular complexity index is 342. The molecule has 0 saturated carbocycles. The second-order valence-corrected chi connectivity index (χ2v) is 6.97. The molecule has 0 saturated heterocycles. The fraction of sp³-hybridized carbons (Fsp3) is 0.500. The molecule has 0 aromatic heterocycles. The molecule has 0 aliphatic rings. The summed E-state index contributed by atoms with van der Waals surface area (Å²) in [6.07, 6.45) is 0. The van der Waals surface area contributed by atoms with Crippen molar-refractivity contribution in [3.8, 4) is 0 Å². The molecule has 0 bridgehead atoms. The molecule has 1 aromatic rings. The van der Waals surface area contributed by atoms with Crippen molar-refractivity contribution >= 4 is 23.4 Å². The van der Waals surface area contributed by atoms with Gasteiger partial charge in [-0.2, -0.15) is 0 Å². The highest BCUT2D eigenvalue weighted by atomic mass is 35.5. The van der Waals surface area contributed by atoms with Crippen LogP contribution in [0.15, 0.2) is 23.1 Å². The van der Waals surface area contributed by atoms with Gasteiger partial charge < -0.3 is 5.73 Å². The summed E-state index contributed by atoms with van der Waals surface area (Å²) < 4.78 is 0.180. The smallest absolute Gasteiger partial charge is 0.0545 e. The van der Waals surface area contributed by atoms with E-state index in [4.69, 9.17) is 17.3 Å². The first kappa shape index (κ1) is 12.9. The van der Waals surface area contributed by atoms with Crippen LogP contribution in [-0.4, -0.2) is 4.75 Å². The molecular weight excluding hydrogens is 226 g/mol. The van der Waals surface area contributed by atoms with E-state index in [0.717, 1.165) is 15.5 Å². The van der Waals surface area contributed by atoms with Gasteiger partial charge in [0.05, 0.1) is 5.02 Å². The van der Waals surface area contributed by atoms with Crippen molar-refractivity contribution in [2.24, 2.45) is 5.73 Å². The van der Waals surface area contributed by atoms with Crippen molar-refractivity contribution in [2.75, 3.05) is 0 Å². The highest BCUT2D eigenvalue weighted by Gasteiger charge is 2.14. The monoisotopic (exact) mass is 243 g/mol. The summed E-state index contributed by atoms with van der Waals surface area (Å²) in [6, 6.07) is 6.10. The lowest BCUT2D eigenvalue weighted by molar-refractivity contribution is 0.801. The van der Waals surface area contributed by atoms with E-state index in [1.807, 2.05) is 19.1 Å². The first-order chi connectivity index (χ1) is 6.79. The average molecular weight is 244 g/mol. The van der Waals surface area contributed by atoms with Crippen molar-refractivity contribution in [1.82, 2.24) is 0 Å². The van der Waals surface area contributed by atoms with E-state index >= 15 is 0 Å². The summed E-state index contributed by atoms with van der Waals surface area (Å²) in [7, 11) is 0. The maximum Gasteiger partial charge on any atom is 0.0545 e. The largest absolute Gasteiger partial charge is 0.324 e. The molecule has 0 radical (unpaired) electrons. The van der Waals surface area contributed by atoms with Crippen LogP contribution >= 0.6 is 23.4 Å². The summed E-state index contributed by atoms with van der Waals surface area (Å²) in [5.74, 6) is 0. The fourth-order valence-electron chi connectivity index (χ4n) is 1.21. The van der Waals surface area contributed by atoms with Crippen molar-refractivity contribution in [1.29, 1.82) is 0 Å². The Morgan fingerprint density at radius 2 is 1.93 bits per heavy atom. The molecule has 0 aliphatic heterocycles. The molecule has 0 aliphatic carbocycles. The lowest BCUT2D eigenvalue weighted by atomic mass is 10.1. The third-order valence-electron chi connectivity index (χ3n) is 1.90. The topological polar surface area (TPSA) is 26.0 Å². The van der Waals surface area contributed by atoms with Gasteiger partial charge in [0.15, 0.2) is 0 Å². The molecule has 1 atom stereocenters. The molecule has 1 nitrogen and oxygen atoms in total. The van der Waals surface area contributed by atoms with Crippen LogP contribution < -0.4 is 5.73 Å². The third-order valence-corrected chi connectivity index (χ3v) is 3.51. The van der Waals surface area contributed by atoms with E-state index < -0.39 is 0 Å². The minimum Gasteiger partial charge on any atom is -0.324 e. The molecule has 0 fully saturated rings. The third kappa shape index (κ3) is 4.06. The van der Waals surface area contributed by atoms with Crippen molar-refractivity contribution in [3.63, 3.8) is 0 Å². The first-order valence-corrected chi connectivity index (χ1v) is 6.23. The van der Waals surface area contributed by atoms with E-state index in [1.54, 1.807) is 11.8 Å². The summed E-state index contributed by atoms with van der Waals surface area (Å²) >= 11 is 7.98. The van der Waals surface area contributed by atoms with Gasteiger partial charge in [0.2, 0.25) is 0 Å². The van der Waals surface area contributed by atoms with Gasteiger partial charge in [0.25, 0.3) is 0 Å². The van der Waals surface area contributed by atoms with E-state index in [1.165, 1.54) is 0 Å². The van der Waals surface area contributed by atoms with Crippen LogP contribution in [0.3, 0.4) is 0 Å². The molecule has 0 spiro atoms. The molecule has 15 heavy (non-hydrogen) atoms. The predicted octanol–water partition coefficient (Wildman–Crippen LogP) is 4.25. The lowest BCUT2D eigenvalue weighted by Gasteiger charge is -2.19. The molecule has 1 unspecified atom stereocenters. The zero-order valence-corrected chi connectivity index (χ0v) is 11.2. The molecule has 84 valence electrons. The van der Waals surface area contributed by atoms with Crippen LogP contribution in [0.5, 0.6) is 0 Å². The lowest BCUT2D eigenvalue weighted by Crippen LogP contribution is -2.08. The van der Waals surface area contributed by atoms with Crippen LogP contribution in [0.25, 0.3) is 0 Å². The zero-order chi connectivity index (χ0) is 11.6. The van der Waals surface area contributed by atoms with Crippen LogP contribution in [0.4, 0.5) is 0 Å². The van der Waals surface area contributed by atoms with Crippen LogP contribution in [0, 0.1) is 0 Å². The second kappa shape index (κ2) is 4.77. The van der Waals surface area contributed by atoms with E-state index in [0.29, 0.717) is 0 Å². The molecule has 1 rings (SSSR count). The Morgan fingerprint density at radius 3 is 2.33 bits per heavy atom. The number of benzene rings is 1. The summed E-state index contributed by atoms with van der Waals surface area (Å²) in [5.41, 5.74) is 6.88. The first-order valence-electron chi connectivity index (χ1n) is 5.03. The Hall–Kier alpha value is -0.180. The minimum atomic E-state index is 0.0381. The summed E-state index contributed by atoms with van der Waals surface area (Å²) in [6.45, 7) is 8.48. The number of nitrogens with two attached hydrogens (primary N) is 1. The van der Waals surface area contributed by atoms with Crippen molar-refractivity contribution < 1.29 is 0 Å². The fourth-order valence-corrected chi connectivity index (χ4v) is 2.47. The molecular formula is C12H18ClNS. The number of hydrogen-bond donors (Lipinski definition) is 1. The molecule has 0 heterocycles. The Kier molecular flexibility index (Phi) is 4.10. The van der Waals surface area contributed by atoms with Gasteiger partial charge in [-0.25, -0.2) is 0 Å². The predicted molar refractivity (Wildman–Crippen MR) is 69.7 cm³/mol. The summed E-state index contributed by atoms with van der Waals surface area (Å²) in [5, 5.41) is 0.796. The van der Waals surface area contributed by atoms with Crippen LogP contribution in [0.2, 0.25) is 5.02 Å². The number of hydrogen-bond acceptors (Lipinski definition) is 2. The maximum atomic E-state index is 6.20. The molecule has 1 aromatic carbocycles. The van der Waals surface area contributed by atoms with Gasteiger partial charge in [-0.05, 0) is 24.6 Å². The number of rotatable bonds is 2.